The van der Waals surface area contributed by atoms with Gasteiger partial charge in [-0.05, 0) is 19.1 Å². The Labute approximate surface area is 111 Å². The van der Waals surface area contributed by atoms with Crippen LogP contribution in [0.3, 0.4) is 0 Å². The maximum atomic E-state index is 12.3. The Morgan fingerprint density at radius 3 is 2.65 bits per heavy atom. The molecule has 2 aromatic rings. The fourth-order valence-electron chi connectivity index (χ4n) is 1.37. The molecule has 106 valence electrons. The molecule has 0 N–H and O–H groups in total. The van der Waals surface area contributed by atoms with Crippen LogP contribution in [0.2, 0.25) is 0 Å². The Bertz CT molecular complexity index is 607. The van der Waals surface area contributed by atoms with Crippen LogP contribution in [0.15, 0.2) is 24.5 Å². The molecule has 2 aromatic heterocycles. The van der Waals surface area contributed by atoms with Crippen LogP contribution in [0.5, 0.6) is 0 Å². The Kier molecular flexibility index (Phi) is 3.68. The third-order valence-corrected chi connectivity index (χ3v) is 2.27. The second-order valence-corrected chi connectivity index (χ2v) is 3.67. The summed E-state index contributed by atoms with van der Waals surface area (Å²) in [5, 5.41) is 10.3. The Balaban J connectivity index is 2.22. The normalized spacial score (nSPS) is 11.4. The smallest absolute Gasteiger partial charge is 0.435 e. The number of rotatable bonds is 3. The number of carbonyl (C=O) groups excluding carboxylic acids is 1. The van der Waals surface area contributed by atoms with Gasteiger partial charge in [0.1, 0.15) is 0 Å². The van der Waals surface area contributed by atoms with E-state index in [-0.39, 0.29) is 18.0 Å². The number of hydrogen-bond donors (Lipinski definition) is 0. The standard InChI is InChI=1S/C11H9F3N4O2/c1-2-20-10(19)7-5-15-18(6-7)9-4-3-8(16-17-9)11(12,13)14/h3-6H,2H2,1H3. The van der Waals surface area contributed by atoms with E-state index in [1.165, 1.54) is 12.4 Å². The van der Waals surface area contributed by atoms with E-state index in [0.717, 1.165) is 16.8 Å². The molecule has 20 heavy (non-hydrogen) atoms. The lowest BCUT2D eigenvalue weighted by Gasteiger charge is -2.05. The average Bonchev–Trinajstić information content (AvgIpc) is 2.88. The molecule has 6 nitrogen and oxygen atoms in total. The molecular formula is C11H9F3N4O2. The van der Waals surface area contributed by atoms with Gasteiger partial charge in [0.15, 0.2) is 11.5 Å². The van der Waals surface area contributed by atoms with Crippen molar-refractivity contribution in [2.24, 2.45) is 0 Å². The summed E-state index contributed by atoms with van der Waals surface area (Å²) in [6.07, 6.45) is -2.02. The maximum absolute atomic E-state index is 12.3. The van der Waals surface area contributed by atoms with Crippen molar-refractivity contribution in [3.05, 3.63) is 35.8 Å². The number of hydrogen-bond acceptors (Lipinski definition) is 5. The largest absolute Gasteiger partial charge is 0.462 e. The number of ether oxygens (including phenoxy) is 1. The highest BCUT2D eigenvalue weighted by molar-refractivity contribution is 5.88. The first-order valence-corrected chi connectivity index (χ1v) is 5.55. The molecule has 0 spiro atoms. The van der Waals surface area contributed by atoms with Gasteiger partial charge >= 0.3 is 12.1 Å². The minimum Gasteiger partial charge on any atom is -0.462 e. The molecule has 0 bridgehead atoms. The summed E-state index contributed by atoms with van der Waals surface area (Å²) in [5.41, 5.74) is -0.924. The SMILES string of the molecule is CCOC(=O)c1cnn(-c2ccc(C(F)(F)F)nn2)c1. The van der Waals surface area contributed by atoms with Gasteiger partial charge < -0.3 is 4.74 Å². The van der Waals surface area contributed by atoms with E-state index < -0.39 is 17.8 Å². The van der Waals surface area contributed by atoms with E-state index in [2.05, 4.69) is 15.3 Å². The lowest BCUT2D eigenvalue weighted by Crippen LogP contribution is -2.10. The average molecular weight is 286 g/mol. The highest BCUT2D eigenvalue weighted by atomic mass is 19.4. The molecule has 0 amide bonds. The van der Waals surface area contributed by atoms with Crippen LogP contribution in [0.25, 0.3) is 5.82 Å². The summed E-state index contributed by atoms with van der Waals surface area (Å²) in [4.78, 5) is 11.4. The summed E-state index contributed by atoms with van der Waals surface area (Å²) in [6, 6.07) is 1.89. The van der Waals surface area contributed by atoms with E-state index in [0.29, 0.717) is 0 Å². The van der Waals surface area contributed by atoms with Gasteiger partial charge in [-0.1, -0.05) is 0 Å². The second-order valence-electron chi connectivity index (χ2n) is 3.67. The number of carbonyl (C=O) groups is 1. The van der Waals surface area contributed by atoms with E-state index in [1.807, 2.05) is 0 Å². The molecule has 0 unspecified atom stereocenters. The number of esters is 1. The molecule has 0 aliphatic heterocycles. The highest BCUT2D eigenvalue weighted by Gasteiger charge is 2.32. The topological polar surface area (TPSA) is 69.9 Å². The molecule has 0 aliphatic carbocycles. The van der Waals surface area contributed by atoms with Crippen molar-refractivity contribution in [1.29, 1.82) is 0 Å². The summed E-state index contributed by atoms with van der Waals surface area (Å²) >= 11 is 0. The molecule has 2 heterocycles. The van der Waals surface area contributed by atoms with Crippen molar-refractivity contribution >= 4 is 5.97 Å². The molecule has 2 rings (SSSR count). The molecule has 0 aromatic carbocycles. The number of alkyl halides is 3. The molecule has 9 heteroatoms. The first kappa shape index (κ1) is 14.0. The van der Waals surface area contributed by atoms with Crippen LogP contribution in [-0.2, 0) is 10.9 Å². The Morgan fingerprint density at radius 2 is 2.10 bits per heavy atom. The van der Waals surface area contributed by atoms with Crippen LogP contribution in [0.4, 0.5) is 13.2 Å². The van der Waals surface area contributed by atoms with Gasteiger partial charge in [-0.25, -0.2) is 9.48 Å². The highest BCUT2D eigenvalue weighted by Crippen LogP contribution is 2.26. The zero-order valence-corrected chi connectivity index (χ0v) is 10.3. The van der Waals surface area contributed by atoms with Crippen molar-refractivity contribution in [2.45, 2.75) is 13.1 Å². The molecular weight excluding hydrogens is 277 g/mol. The zero-order valence-electron chi connectivity index (χ0n) is 10.3. The van der Waals surface area contributed by atoms with Crippen molar-refractivity contribution in [3.63, 3.8) is 0 Å². The number of halogens is 3. The van der Waals surface area contributed by atoms with E-state index in [4.69, 9.17) is 4.74 Å². The van der Waals surface area contributed by atoms with Crippen molar-refractivity contribution in [2.75, 3.05) is 6.61 Å². The lowest BCUT2D eigenvalue weighted by molar-refractivity contribution is -0.141. The lowest BCUT2D eigenvalue weighted by atomic mass is 10.3. The third-order valence-electron chi connectivity index (χ3n) is 2.27. The van der Waals surface area contributed by atoms with Crippen LogP contribution in [-0.4, -0.2) is 32.6 Å². The first-order valence-electron chi connectivity index (χ1n) is 5.55. The van der Waals surface area contributed by atoms with Crippen LogP contribution < -0.4 is 0 Å². The molecule has 0 saturated carbocycles. The van der Waals surface area contributed by atoms with E-state index in [1.54, 1.807) is 6.92 Å². The van der Waals surface area contributed by atoms with Gasteiger partial charge in [0, 0.05) is 6.20 Å². The number of nitrogens with zero attached hydrogens (tertiary/aromatic N) is 4. The van der Waals surface area contributed by atoms with Crippen molar-refractivity contribution < 1.29 is 22.7 Å². The summed E-state index contributed by atoms with van der Waals surface area (Å²) in [5.74, 6) is -0.507. The van der Waals surface area contributed by atoms with Gasteiger partial charge in [0.2, 0.25) is 0 Å². The minimum absolute atomic E-state index is 0.0635. The summed E-state index contributed by atoms with van der Waals surface area (Å²) in [6.45, 7) is 1.87. The number of aromatic nitrogens is 4. The molecule has 0 radical (unpaired) electrons. The van der Waals surface area contributed by atoms with Gasteiger partial charge in [-0.2, -0.15) is 18.3 Å². The monoisotopic (exact) mass is 286 g/mol. The zero-order chi connectivity index (χ0) is 14.8. The van der Waals surface area contributed by atoms with Gasteiger partial charge in [0.25, 0.3) is 0 Å². The van der Waals surface area contributed by atoms with E-state index in [9.17, 15) is 18.0 Å². The van der Waals surface area contributed by atoms with Crippen molar-refractivity contribution in [3.8, 4) is 5.82 Å². The quantitative estimate of drug-likeness (QED) is 0.805. The van der Waals surface area contributed by atoms with Gasteiger partial charge in [-0.15, -0.1) is 10.2 Å². The Morgan fingerprint density at radius 1 is 1.35 bits per heavy atom. The fourth-order valence-corrected chi connectivity index (χ4v) is 1.37. The molecule has 0 aliphatic rings. The molecule has 0 fully saturated rings. The Hall–Kier alpha value is -2.45. The molecule has 0 atom stereocenters. The van der Waals surface area contributed by atoms with Crippen LogP contribution >= 0.6 is 0 Å². The van der Waals surface area contributed by atoms with Crippen LogP contribution in [0.1, 0.15) is 23.0 Å². The third kappa shape index (κ3) is 2.92. The fraction of sp³-hybridized carbons (Fsp3) is 0.273. The maximum Gasteiger partial charge on any atom is 0.435 e. The minimum atomic E-state index is -4.55. The first-order chi connectivity index (χ1) is 9.41. The van der Waals surface area contributed by atoms with Crippen LogP contribution in [0, 0.1) is 0 Å². The predicted molar refractivity (Wildman–Crippen MR) is 60.1 cm³/mol. The second kappa shape index (κ2) is 5.27. The van der Waals surface area contributed by atoms with Gasteiger partial charge in [0.05, 0.1) is 18.4 Å². The van der Waals surface area contributed by atoms with Crippen molar-refractivity contribution in [1.82, 2.24) is 20.0 Å². The summed E-state index contributed by atoms with van der Waals surface area (Å²) < 4.78 is 42.9. The summed E-state index contributed by atoms with van der Waals surface area (Å²) in [7, 11) is 0. The van der Waals surface area contributed by atoms with E-state index >= 15 is 0 Å². The predicted octanol–water partition coefficient (Wildman–Crippen LogP) is 1.86. The molecule has 0 saturated heterocycles. The van der Waals surface area contributed by atoms with Gasteiger partial charge in [-0.3, -0.25) is 0 Å².